The van der Waals surface area contributed by atoms with E-state index in [-0.39, 0.29) is 0 Å². The van der Waals surface area contributed by atoms with Crippen molar-refractivity contribution in [2.24, 2.45) is 0 Å². The summed E-state index contributed by atoms with van der Waals surface area (Å²) >= 11 is 3.55. The van der Waals surface area contributed by atoms with Crippen LogP contribution in [0.5, 0.6) is 0 Å². The van der Waals surface area contributed by atoms with E-state index in [1.54, 1.807) is 18.1 Å². The molecule has 0 aliphatic carbocycles. The van der Waals surface area contributed by atoms with Gasteiger partial charge in [-0.15, -0.1) is 21.5 Å². The first-order valence-corrected chi connectivity index (χ1v) is 8.53. The first kappa shape index (κ1) is 12.6. The van der Waals surface area contributed by atoms with Gasteiger partial charge in [0.1, 0.15) is 11.2 Å². The molecule has 1 aliphatic rings. The molecule has 3 aromatic rings. The van der Waals surface area contributed by atoms with E-state index in [4.69, 9.17) is 4.98 Å². The van der Waals surface area contributed by atoms with E-state index in [9.17, 15) is 0 Å². The van der Waals surface area contributed by atoms with Crippen molar-refractivity contribution in [3.8, 4) is 0 Å². The number of nitrogens with zero attached hydrogens (tertiary/aromatic N) is 5. The lowest BCUT2D eigenvalue weighted by atomic mass is 10.1. The molecule has 0 fully saturated rings. The number of hydrogen-bond acceptors (Lipinski definition) is 6. The number of aromatic nitrogens is 4. The Hall–Kier alpha value is -1.18. The molecule has 5 nitrogen and oxygen atoms in total. The molecular formula is C13H15N5S2. The largest absolute Gasteiger partial charge is 0.301 e. The Morgan fingerprint density at radius 1 is 1.45 bits per heavy atom. The molecule has 0 saturated heterocycles. The minimum absolute atomic E-state index is 0.966. The molecular weight excluding hydrogens is 290 g/mol. The van der Waals surface area contributed by atoms with Gasteiger partial charge in [0.15, 0.2) is 10.8 Å². The molecule has 4 heterocycles. The average molecular weight is 305 g/mol. The Kier molecular flexibility index (Phi) is 2.94. The summed E-state index contributed by atoms with van der Waals surface area (Å²) < 4.78 is 2.03. The van der Waals surface area contributed by atoms with Crippen molar-refractivity contribution in [1.82, 2.24) is 24.5 Å². The summed E-state index contributed by atoms with van der Waals surface area (Å²) in [5.41, 5.74) is 2.40. The van der Waals surface area contributed by atoms with Crippen molar-refractivity contribution >= 4 is 39.0 Å². The summed E-state index contributed by atoms with van der Waals surface area (Å²) in [4.78, 5) is 9.75. The summed E-state index contributed by atoms with van der Waals surface area (Å²) in [5.74, 6) is 1.000. The quantitative estimate of drug-likeness (QED) is 0.537. The highest BCUT2D eigenvalue weighted by Crippen LogP contribution is 2.37. The average Bonchev–Trinajstić information content (AvgIpc) is 3.01. The third-order valence-electron chi connectivity index (χ3n) is 3.68. The SMILES string of the molecule is CCSc1nc2sc3c(c2c2nncn12)CCN(C)C3. The minimum Gasteiger partial charge on any atom is -0.301 e. The van der Waals surface area contributed by atoms with Crippen LogP contribution in [0.4, 0.5) is 0 Å². The monoisotopic (exact) mass is 305 g/mol. The molecule has 7 heteroatoms. The minimum atomic E-state index is 0.966. The lowest BCUT2D eigenvalue weighted by Gasteiger charge is -2.21. The van der Waals surface area contributed by atoms with E-state index in [1.807, 2.05) is 15.7 Å². The normalized spacial score (nSPS) is 16.1. The number of thioether (sulfide) groups is 1. The topological polar surface area (TPSA) is 46.3 Å². The molecule has 0 bridgehead atoms. The highest BCUT2D eigenvalue weighted by molar-refractivity contribution is 7.99. The van der Waals surface area contributed by atoms with Crippen LogP contribution >= 0.6 is 23.1 Å². The Morgan fingerprint density at radius 2 is 2.35 bits per heavy atom. The van der Waals surface area contributed by atoms with Gasteiger partial charge in [-0.05, 0) is 24.8 Å². The third kappa shape index (κ3) is 1.77. The molecule has 0 spiro atoms. The van der Waals surface area contributed by atoms with Crippen LogP contribution in [0.2, 0.25) is 0 Å². The highest BCUT2D eigenvalue weighted by Gasteiger charge is 2.23. The summed E-state index contributed by atoms with van der Waals surface area (Å²) in [7, 11) is 2.17. The van der Waals surface area contributed by atoms with Crippen molar-refractivity contribution < 1.29 is 0 Å². The summed E-state index contributed by atoms with van der Waals surface area (Å²) in [6.07, 6.45) is 2.86. The first-order valence-electron chi connectivity index (χ1n) is 6.73. The molecule has 1 aliphatic heterocycles. The number of rotatable bonds is 2. The second kappa shape index (κ2) is 4.68. The Balaban J connectivity index is 2.04. The molecule has 0 unspecified atom stereocenters. The number of likely N-dealkylation sites (N-methyl/N-ethyl adjacent to an activating group) is 1. The molecule has 3 aromatic heterocycles. The van der Waals surface area contributed by atoms with E-state index in [1.165, 1.54) is 15.8 Å². The van der Waals surface area contributed by atoms with E-state index in [2.05, 4.69) is 29.1 Å². The van der Waals surface area contributed by atoms with Crippen LogP contribution in [-0.2, 0) is 13.0 Å². The maximum Gasteiger partial charge on any atom is 0.176 e. The number of thiophene rings is 1. The molecule has 0 aromatic carbocycles. The molecule has 0 N–H and O–H groups in total. The van der Waals surface area contributed by atoms with E-state index in [0.29, 0.717) is 0 Å². The van der Waals surface area contributed by atoms with Crippen LogP contribution in [0, 0.1) is 0 Å². The van der Waals surface area contributed by atoms with Crippen LogP contribution < -0.4 is 0 Å². The molecule has 104 valence electrons. The van der Waals surface area contributed by atoms with Crippen LogP contribution in [0.15, 0.2) is 11.5 Å². The van der Waals surface area contributed by atoms with Crippen LogP contribution in [0.1, 0.15) is 17.4 Å². The fourth-order valence-corrected chi connectivity index (χ4v) is 4.78. The zero-order chi connectivity index (χ0) is 13.7. The fourth-order valence-electron chi connectivity index (χ4n) is 2.74. The number of fused-ring (bicyclic) bond motifs is 5. The lowest BCUT2D eigenvalue weighted by molar-refractivity contribution is 0.318. The summed E-state index contributed by atoms with van der Waals surface area (Å²) in [6.45, 7) is 4.26. The Bertz CT molecular complexity index is 791. The van der Waals surface area contributed by atoms with Crippen molar-refractivity contribution in [2.45, 2.75) is 25.0 Å². The van der Waals surface area contributed by atoms with Crippen LogP contribution in [0.3, 0.4) is 0 Å². The van der Waals surface area contributed by atoms with Gasteiger partial charge in [-0.25, -0.2) is 4.98 Å². The van der Waals surface area contributed by atoms with Gasteiger partial charge >= 0.3 is 0 Å². The second-order valence-corrected chi connectivity index (χ2v) is 7.34. The highest BCUT2D eigenvalue weighted by atomic mass is 32.2. The van der Waals surface area contributed by atoms with Gasteiger partial charge in [-0.2, -0.15) is 0 Å². The van der Waals surface area contributed by atoms with Gasteiger partial charge in [0.25, 0.3) is 0 Å². The predicted molar refractivity (Wildman–Crippen MR) is 82.6 cm³/mol. The van der Waals surface area contributed by atoms with Gasteiger partial charge in [-0.1, -0.05) is 18.7 Å². The van der Waals surface area contributed by atoms with Gasteiger partial charge < -0.3 is 4.90 Å². The molecule has 0 atom stereocenters. The molecule has 0 amide bonds. The zero-order valence-electron chi connectivity index (χ0n) is 11.5. The second-order valence-electron chi connectivity index (χ2n) is 5.02. The van der Waals surface area contributed by atoms with Crippen LogP contribution in [-0.4, -0.2) is 43.8 Å². The third-order valence-corrected chi connectivity index (χ3v) is 5.62. The van der Waals surface area contributed by atoms with Crippen LogP contribution in [0.25, 0.3) is 15.9 Å². The van der Waals surface area contributed by atoms with E-state index < -0.39 is 0 Å². The van der Waals surface area contributed by atoms with Gasteiger partial charge in [0, 0.05) is 18.0 Å². The Labute approximate surface area is 125 Å². The predicted octanol–water partition coefficient (Wildman–Crippen LogP) is 2.44. The summed E-state index contributed by atoms with van der Waals surface area (Å²) in [5, 5.41) is 10.6. The van der Waals surface area contributed by atoms with Crippen molar-refractivity contribution in [3.63, 3.8) is 0 Å². The van der Waals surface area contributed by atoms with Gasteiger partial charge in [0.2, 0.25) is 0 Å². The lowest BCUT2D eigenvalue weighted by Crippen LogP contribution is -2.25. The van der Waals surface area contributed by atoms with Gasteiger partial charge in [0.05, 0.1) is 5.39 Å². The summed E-state index contributed by atoms with van der Waals surface area (Å²) in [6, 6.07) is 0. The van der Waals surface area contributed by atoms with E-state index >= 15 is 0 Å². The maximum absolute atomic E-state index is 4.84. The zero-order valence-corrected chi connectivity index (χ0v) is 13.1. The fraction of sp³-hybridized carbons (Fsp3) is 0.462. The molecule has 0 saturated carbocycles. The van der Waals surface area contributed by atoms with E-state index in [0.717, 1.165) is 40.9 Å². The van der Waals surface area contributed by atoms with Crippen molar-refractivity contribution in [2.75, 3.05) is 19.3 Å². The van der Waals surface area contributed by atoms with Crippen molar-refractivity contribution in [3.05, 3.63) is 16.8 Å². The standard InChI is InChI=1S/C13H15N5S2/c1-3-19-13-15-12-10(11-16-14-7-18(11)13)8-4-5-17(2)6-9(8)20-12/h7H,3-6H2,1-2H3. The van der Waals surface area contributed by atoms with Crippen molar-refractivity contribution in [1.29, 1.82) is 0 Å². The smallest absolute Gasteiger partial charge is 0.176 e. The first-order chi connectivity index (χ1) is 9.78. The number of hydrogen-bond donors (Lipinski definition) is 0. The maximum atomic E-state index is 4.84. The molecule has 4 rings (SSSR count). The molecule has 20 heavy (non-hydrogen) atoms. The molecule has 0 radical (unpaired) electrons. The van der Waals surface area contributed by atoms with Gasteiger partial charge in [-0.3, -0.25) is 4.40 Å². The Morgan fingerprint density at radius 3 is 3.20 bits per heavy atom.